The fourth-order valence-electron chi connectivity index (χ4n) is 2.00. The quantitative estimate of drug-likeness (QED) is 0.621. The minimum absolute atomic E-state index is 0.0403. The highest BCUT2D eigenvalue weighted by atomic mass is 32.2. The second-order valence-electron chi connectivity index (χ2n) is 4.17. The molecule has 0 unspecified atom stereocenters. The van der Waals surface area contributed by atoms with Gasteiger partial charge in [0, 0.05) is 21.1 Å². The predicted molar refractivity (Wildman–Crippen MR) is 78.4 cm³/mol. The van der Waals surface area contributed by atoms with Crippen LogP contribution in [0.15, 0.2) is 29.2 Å². The molecule has 2 aromatic rings. The highest BCUT2D eigenvalue weighted by molar-refractivity contribution is 7.98. The van der Waals surface area contributed by atoms with Gasteiger partial charge in [-0.25, -0.2) is 9.18 Å². The van der Waals surface area contributed by atoms with E-state index in [2.05, 4.69) is 5.92 Å². The molecular weight excluding hydrogens is 295 g/mol. The van der Waals surface area contributed by atoms with Gasteiger partial charge in [-0.1, -0.05) is 5.92 Å². The number of rotatable bonds is 2. The normalized spacial score (nSPS) is 12.2. The fourth-order valence-corrected chi connectivity index (χ4v) is 4.28. The second kappa shape index (κ2) is 5.31. The molecule has 1 aliphatic rings. The third-order valence-corrected chi connectivity index (χ3v) is 5.18. The molecule has 0 amide bonds. The Balaban J connectivity index is 1.99. The molecule has 5 heteroatoms. The third kappa shape index (κ3) is 2.33. The van der Waals surface area contributed by atoms with Gasteiger partial charge in [-0.3, -0.25) is 0 Å². The van der Waals surface area contributed by atoms with Gasteiger partial charge < -0.3 is 4.74 Å². The predicted octanol–water partition coefficient (Wildman–Crippen LogP) is 3.95. The van der Waals surface area contributed by atoms with Gasteiger partial charge in [0.2, 0.25) is 0 Å². The summed E-state index contributed by atoms with van der Waals surface area (Å²) in [5, 5.41) is 0. The van der Waals surface area contributed by atoms with Crippen molar-refractivity contribution in [2.45, 2.75) is 10.6 Å². The summed E-state index contributed by atoms with van der Waals surface area (Å²) in [5.74, 6) is 2.33. The van der Waals surface area contributed by atoms with E-state index in [1.165, 1.54) is 23.5 Å². The fraction of sp³-hybridized carbons (Fsp3) is 0.133. The number of halogens is 1. The van der Waals surface area contributed by atoms with Crippen molar-refractivity contribution in [1.82, 2.24) is 0 Å². The van der Waals surface area contributed by atoms with Crippen LogP contribution < -0.4 is 0 Å². The van der Waals surface area contributed by atoms with E-state index in [1.54, 1.807) is 23.9 Å². The highest BCUT2D eigenvalue weighted by Gasteiger charge is 2.23. The molecule has 0 bridgehead atoms. The van der Waals surface area contributed by atoms with Crippen LogP contribution in [0.25, 0.3) is 10.4 Å². The standard InChI is InChI=1S/C15H9FO2S2/c1-2-5-18-15(17)13-6-9-8-19-12-4-3-10(16)7-11(12)14(9)20-13/h1,3-4,6-7H,5,8H2. The van der Waals surface area contributed by atoms with Gasteiger partial charge in [0.05, 0.1) is 0 Å². The molecule has 2 heterocycles. The van der Waals surface area contributed by atoms with Crippen LogP contribution in [-0.2, 0) is 10.5 Å². The van der Waals surface area contributed by atoms with Crippen LogP contribution in [0.3, 0.4) is 0 Å². The number of esters is 1. The van der Waals surface area contributed by atoms with Gasteiger partial charge in [0.1, 0.15) is 10.7 Å². The molecule has 0 atom stereocenters. The molecule has 0 saturated carbocycles. The van der Waals surface area contributed by atoms with Crippen LogP contribution in [0.1, 0.15) is 15.2 Å². The molecule has 3 rings (SSSR count). The van der Waals surface area contributed by atoms with Crippen LogP contribution >= 0.6 is 23.1 Å². The number of terminal acetylenes is 1. The molecule has 0 radical (unpaired) electrons. The number of carbonyl (C=O) groups excluding carboxylic acids is 1. The Bertz CT molecular complexity index is 728. The molecule has 0 N–H and O–H groups in total. The summed E-state index contributed by atoms with van der Waals surface area (Å²) in [5.41, 5.74) is 1.88. The van der Waals surface area contributed by atoms with E-state index in [4.69, 9.17) is 11.2 Å². The van der Waals surface area contributed by atoms with Crippen molar-refractivity contribution < 1.29 is 13.9 Å². The molecule has 0 spiro atoms. The first-order chi connectivity index (χ1) is 9.69. The largest absolute Gasteiger partial charge is 0.448 e. The van der Waals surface area contributed by atoms with Gasteiger partial charge in [-0.2, -0.15) is 0 Å². The van der Waals surface area contributed by atoms with Crippen molar-refractivity contribution in [1.29, 1.82) is 0 Å². The van der Waals surface area contributed by atoms with Crippen molar-refractivity contribution in [2.75, 3.05) is 6.61 Å². The van der Waals surface area contributed by atoms with Crippen molar-refractivity contribution in [3.05, 3.63) is 40.5 Å². The maximum atomic E-state index is 13.4. The summed E-state index contributed by atoms with van der Waals surface area (Å²) in [6, 6.07) is 6.54. The molecule has 0 fully saturated rings. The molecule has 100 valence electrons. The Morgan fingerprint density at radius 1 is 1.45 bits per heavy atom. The van der Waals surface area contributed by atoms with E-state index in [-0.39, 0.29) is 12.4 Å². The van der Waals surface area contributed by atoms with Crippen LogP contribution in [0, 0.1) is 18.2 Å². The van der Waals surface area contributed by atoms with Crippen LogP contribution in [0.4, 0.5) is 4.39 Å². The number of hydrogen-bond donors (Lipinski definition) is 0. The molecule has 0 saturated heterocycles. The van der Waals surface area contributed by atoms with Gasteiger partial charge in [-0.15, -0.1) is 29.5 Å². The van der Waals surface area contributed by atoms with Gasteiger partial charge in [0.25, 0.3) is 0 Å². The van der Waals surface area contributed by atoms with Gasteiger partial charge >= 0.3 is 5.97 Å². The number of fused-ring (bicyclic) bond motifs is 3. The molecular formula is C15H9FO2S2. The minimum atomic E-state index is -0.426. The van der Waals surface area contributed by atoms with Crippen molar-refractivity contribution in [3.63, 3.8) is 0 Å². The number of thioether (sulfide) groups is 1. The average Bonchev–Trinajstić information content (AvgIpc) is 2.89. The second-order valence-corrected chi connectivity index (χ2v) is 6.24. The van der Waals surface area contributed by atoms with E-state index in [0.717, 1.165) is 26.7 Å². The summed E-state index contributed by atoms with van der Waals surface area (Å²) in [6.07, 6.45) is 5.06. The molecule has 1 aromatic carbocycles. The first-order valence-corrected chi connectivity index (χ1v) is 7.65. The molecule has 1 aromatic heterocycles. The Hall–Kier alpha value is -1.77. The number of ether oxygens (including phenoxy) is 1. The number of thiophene rings is 1. The lowest BCUT2D eigenvalue weighted by molar-refractivity contribution is 0.0562. The number of carbonyl (C=O) groups is 1. The topological polar surface area (TPSA) is 26.3 Å². The number of benzene rings is 1. The van der Waals surface area contributed by atoms with Crippen LogP contribution in [0.5, 0.6) is 0 Å². The Labute approximate surface area is 124 Å². The van der Waals surface area contributed by atoms with Crippen molar-refractivity contribution in [3.8, 4) is 22.8 Å². The maximum absolute atomic E-state index is 13.4. The lowest BCUT2D eigenvalue weighted by Gasteiger charge is -2.15. The lowest BCUT2D eigenvalue weighted by atomic mass is 10.1. The zero-order chi connectivity index (χ0) is 14.1. The first-order valence-electron chi connectivity index (χ1n) is 5.85. The Morgan fingerprint density at radius 3 is 3.10 bits per heavy atom. The summed E-state index contributed by atoms with van der Waals surface area (Å²) in [7, 11) is 0. The minimum Gasteiger partial charge on any atom is -0.448 e. The monoisotopic (exact) mass is 304 g/mol. The van der Waals surface area contributed by atoms with Gasteiger partial charge in [-0.05, 0) is 29.8 Å². The van der Waals surface area contributed by atoms with Crippen LogP contribution in [-0.4, -0.2) is 12.6 Å². The summed E-state index contributed by atoms with van der Waals surface area (Å²) in [6.45, 7) is -0.0403. The van der Waals surface area contributed by atoms with E-state index in [0.29, 0.717) is 4.88 Å². The molecule has 20 heavy (non-hydrogen) atoms. The Kier molecular flexibility index (Phi) is 3.51. The molecule has 2 nitrogen and oxygen atoms in total. The van der Waals surface area contributed by atoms with E-state index in [1.807, 2.05) is 0 Å². The highest BCUT2D eigenvalue weighted by Crippen LogP contribution is 2.45. The van der Waals surface area contributed by atoms with E-state index in [9.17, 15) is 9.18 Å². The SMILES string of the molecule is C#CCOC(=O)c1cc2c(s1)-c1cc(F)ccc1SC2. The molecule has 1 aliphatic heterocycles. The Morgan fingerprint density at radius 2 is 2.30 bits per heavy atom. The zero-order valence-electron chi connectivity index (χ0n) is 10.3. The summed E-state index contributed by atoms with van der Waals surface area (Å²) < 4.78 is 18.3. The summed E-state index contributed by atoms with van der Waals surface area (Å²) >= 11 is 2.96. The van der Waals surface area contributed by atoms with Crippen molar-refractivity contribution >= 4 is 29.1 Å². The van der Waals surface area contributed by atoms with E-state index >= 15 is 0 Å². The first kappa shape index (κ1) is 13.2. The van der Waals surface area contributed by atoms with Crippen LogP contribution in [0.2, 0.25) is 0 Å². The lowest BCUT2D eigenvalue weighted by Crippen LogP contribution is -2.02. The maximum Gasteiger partial charge on any atom is 0.349 e. The van der Waals surface area contributed by atoms with Crippen molar-refractivity contribution in [2.24, 2.45) is 0 Å². The smallest absolute Gasteiger partial charge is 0.349 e. The molecule has 0 aliphatic carbocycles. The van der Waals surface area contributed by atoms with Gasteiger partial charge in [0.15, 0.2) is 6.61 Å². The summed E-state index contributed by atoms with van der Waals surface area (Å²) in [4.78, 5) is 14.3. The third-order valence-electron chi connectivity index (χ3n) is 2.87. The van der Waals surface area contributed by atoms with E-state index < -0.39 is 5.97 Å². The zero-order valence-corrected chi connectivity index (χ0v) is 11.9. The number of hydrogen-bond acceptors (Lipinski definition) is 4. The average molecular weight is 304 g/mol.